The second kappa shape index (κ2) is 12.5. The van der Waals surface area contributed by atoms with Crippen molar-refractivity contribution in [2.45, 2.75) is 45.6 Å². The van der Waals surface area contributed by atoms with Gasteiger partial charge in [-0.05, 0) is 41.9 Å². The number of rotatable bonds is 11. The molecule has 0 radical (unpaired) electrons. The monoisotopic (exact) mass is 607 g/mol. The Balaban J connectivity index is 1.80. The molecule has 0 bridgehead atoms. The summed E-state index contributed by atoms with van der Waals surface area (Å²) in [7, 11) is -0.0366. The number of nitrogens with zero attached hydrogens (tertiary/aromatic N) is 5. The number of halogens is 4. The van der Waals surface area contributed by atoms with Gasteiger partial charge in [-0.3, -0.25) is 9.97 Å². The van der Waals surface area contributed by atoms with Crippen molar-refractivity contribution in [1.29, 1.82) is 0 Å². The van der Waals surface area contributed by atoms with Crippen molar-refractivity contribution in [3.05, 3.63) is 59.1 Å². The number of pyridine rings is 2. The third kappa shape index (κ3) is 7.54. The third-order valence-electron chi connectivity index (χ3n) is 6.15. The molecule has 0 aliphatic heterocycles. The zero-order chi connectivity index (χ0) is 29.9. The lowest BCUT2D eigenvalue weighted by Gasteiger charge is -2.17. The molecule has 3 heterocycles. The first-order valence-electron chi connectivity index (χ1n) is 12.6. The molecule has 0 spiro atoms. The highest BCUT2D eigenvalue weighted by molar-refractivity contribution is 6.76. The Bertz CT molecular complexity index is 1550. The molecule has 1 amide bonds. The molecule has 0 aliphatic rings. The van der Waals surface area contributed by atoms with Gasteiger partial charge in [-0.1, -0.05) is 31.2 Å². The first-order valence-corrected chi connectivity index (χ1v) is 16.7. The number of carbonyl (C=O) groups is 1. The van der Waals surface area contributed by atoms with E-state index in [0.29, 0.717) is 33.9 Å². The highest BCUT2D eigenvalue weighted by Gasteiger charge is 2.23. The van der Waals surface area contributed by atoms with Crippen LogP contribution in [0.25, 0.3) is 33.5 Å². The number of fused-ring (bicyclic) bond motifs is 1. The van der Waals surface area contributed by atoms with Gasteiger partial charge in [0.05, 0.1) is 33.7 Å². The van der Waals surface area contributed by atoms with Gasteiger partial charge >= 0.3 is 12.7 Å². The number of alkyl halides is 2. The van der Waals surface area contributed by atoms with Crippen molar-refractivity contribution >= 4 is 36.7 Å². The van der Waals surface area contributed by atoms with E-state index in [4.69, 9.17) is 21.4 Å². The summed E-state index contributed by atoms with van der Waals surface area (Å²) in [6, 6.07) is 8.06. The second-order valence-electron chi connectivity index (χ2n) is 10.6. The number of ether oxygens (including phenoxy) is 2. The van der Waals surface area contributed by atoms with Gasteiger partial charge in [0.1, 0.15) is 24.0 Å². The van der Waals surface area contributed by atoms with Crippen LogP contribution in [0.2, 0.25) is 30.7 Å². The van der Waals surface area contributed by atoms with Crippen molar-refractivity contribution in [2.24, 2.45) is 0 Å². The van der Waals surface area contributed by atoms with Crippen molar-refractivity contribution in [3.8, 4) is 28.4 Å². The van der Waals surface area contributed by atoms with E-state index in [-0.39, 0.29) is 30.1 Å². The minimum Gasteiger partial charge on any atom is -0.465 e. The number of hydrogen-bond acceptors (Lipinski definition) is 6. The predicted molar refractivity (Wildman–Crippen MR) is 151 cm³/mol. The fourth-order valence-corrected chi connectivity index (χ4v) is 4.92. The first kappa shape index (κ1) is 30.3. The van der Waals surface area contributed by atoms with Crippen LogP contribution < -0.4 is 4.74 Å². The predicted octanol–water partition coefficient (Wildman–Crippen LogP) is 6.98. The zero-order valence-electron chi connectivity index (χ0n) is 22.9. The molecule has 9 nitrogen and oxygen atoms in total. The lowest BCUT2D eigenvalue weighted by atomic mass is 10.0. The number of amides is 1. The molecule has 1 N–H and O–H groups in total. The van der Waals surface area contributed by atoms with E-state index < -0.39 is 32.3 Å². The van der Waals surface area contributed by atoms with Gasteiger partial charge in [0.25, 0.3) is 0 Å². The van der Waals surface area contributed by atoms with Crippen LogP contribution in [0.1, 0.15) is 5.56 Å². The van der Waals surface area contributed by atoms with Crippen LogP contribution in [0.4, 0.5) is 18.0 Å². The van der Waals surface area contributed by atoms with E-state index in [0.717, 1.165) is 17.0 Å². The van der Waals surface area contributed by atoms with Crippen LogP contribution in [-0.2, 0) is 18.0 Å². The normalized spacial score (nSPS) is 11.8. The SMILES string of the molecule is CN(Cc1cc(F)c(-c2cc3c(-c4ccc(Cl)cn4)nn(COCC[Si](C)(C)C)c3cn2)c(OC(F)F)c1)C(=O)O. The topological polar surface area (TPSA) is 103 Å². The molecule has 0 atom stereocenters. The molecule has 0 fully saturated rings. The molecule has 0 saturated carbocycles. The Morgan fingerprint density at radius 2 is 1.88 bits per heavy atom. The highest BCUT2D eigenvalue weighted by atomic mass is 35.5. The third-order valence-corrected chi connectivity index (χ3v) is 8.08. The Morgan fingerprint density at radius 1 is 1.15 bits per heavy atom. The average molecular weight is 608 g/mol. The van der Waals surface area contributed by atoms with Gasteiger partial charge in [0.2, 0.25) is 0 Å². The van der Waals surface area contributed by atoms with Crippen molar-refractivity contribution in [3.63, 3.8) is 0 Å². The molecule has 41 heavy (non-hydrogen) atoms. The van der Waals surface area contributed by atoms with Gasteiger partial charge in [-0.2, -0.15) is 13.9 Å². The Labute approximate surface area is 240 Å². The van der Waals surface area contributed by atoms with Gasteiger partial charge in [0.15, 0.2) is 0 Å². The second-order valence-corrected chi connectivity index (χ2v) is 16.7. The smallest absolute Gasteiger partial charge is 0.407 e. The molecule has 0 unspecified atom stereocenters. The lowest BCUT2D eigenvalue weighted by molar-refractivity contribution is -0.0496. The van der Waals surface area contributed by atoms with E-state index in [1.807, 2.05) is 0 Å². The van der Waals surface area contributed by atoms with Gasteiger partial charge in [-0.25, -0.2) is 13.9 Å². The van der Waals surface area contributed by atoms with Crippen molar-refractivity contribution in [2.75, 3.05) is 13.7 Å². The molecule has 3 aromatic heterocycles. The number of benzene rings is 1. The molecular formula is C27H29ClF3N5O4Si. The van der Waals surface area contributed by atoms with Gasteiger partial charge in [-0.15, -0.1) is 0 Å². The minimum atomic E-state index is -3.26. The summed E-state index contributed by atoms with van der Waals surface area (Å²) in [6.07, 6.45) is 1.66. The van der Waals surface area contributed by atoms with Crippen LogP contribution >= 0.6 is 11.6 Å². The van der Waals surface area contributed by atoms with E-state index in [1.165, 1.54) is 31.6 Å². The van der Waals surface area contributed by atoms with E-state index in [9.17, 15) is 13.6 Å². The zero-order valence-corrected chi connectivity index (χ0v) is 24.6. The molecule has 218 valence electrons. The molecule has 4 aromatic rings. The molecule has 1 aromatic carbocycles. The number of aromatic nitrogens is 4. The van der Waals surface area contributed by atoms with Crippen LogP contribution in [0.15, 0.2) is 42.7 Å². The quantitative estimate of drug-likeness (QED) is 0.145. The first-order chi connectivity index (χ1) is 19.3. The van der Waals surface area contributed by atoms with Crippen molar-refractivity contribution < 1.29 is 32.5 Å². The maximum absolute atomic E-state index is 15.5. The molecule has 0 aliphatic carbocycles. The lowest BCUT2D eigenvalue weighted by Crippen LogP contribution is -2.24. The highest BCUT2D eigenvalue weighted by Crippen LogP contribution is 2.37. The van der Waals surface area contributed by atoms with Crippen molar-refractivity contribution in [1.82, 2.24) is 24.6 Å². The maximum atomic E-state index is 15.5. The van der Waals surface area contributed by atoms with E-state index >= 15 is 4.39 Å². The number of carboxylic acid groups (broad SMARTS) is 1. The van der Waals surface area contributed by atoms with Crippen LogP contribution in [0, 0.1) is 5.82 Å². The summed E-state index contributed by atoms with van der Waals surface area (Å²) in [5.74, 6) is -1.38. The standard InChI is InChI=1S/C27H29ClF3N5O4Si/c1-35(27(37)38)14-16-9-19(29)24(23(10-16)40-26(30)31)21-11-18-22(13-33-21)36(15-39-7-8-41(2,3)4)34-25(18)20-6-5-17(28)12-32-20/h5-6,9-13,26H,7-8,14-15H2,1-4H3,(H,37,38). The number of hydrogen-bond donors (Lipinski definition) is 1. The summed E-state index contributed by atoms with van der Waals surface area (Å²) in [4.78, 5) is 20.8. The van der Waals surface area contributed by atoms with Crippen LogP contribution in [-0.4, -0.2) is 64.2 Å². The summed E-state index contributed by atoms with van der Waals surface area (Å²) in [6.45, 7) is 3.94. The van der Waals surface area contributed by atoms with E-state index in [2.05, 4.69) is 39.4 Å². The van der Waals surface area contributed by atoms with Crippen LogP contribution in [0.3, 0.4) is 0 Å². The summed E-state index contributed by atoms with van der Waals surface area (Å²) in [5.41, 5.74) is 1.31. The molecule has 0 saturated heterocycles. The van der Waals surface area contributed by atoms with E-state index in [1.54, 1.807) is 16.8 Å². The Hall–Kier alpha value is -3.68. The minimum absolute atomic E-state index is 0.0122. The molecule has 4 rings (SSSR count). The van der Waals surface area contributed by atoms with Gasteiger partial charge < -0.3 is 19.5 Å². The maximum Gasteiger partial charge on any atom is 0.407 e. The fourth-order valence-electron chi connectivity index (χ4n) is 4.05. The fraction of sp³-hybridized carbons (Fsp3) is 0.333. The Morgan fingerprint density at radius 3 is 2.51 bits per heavy atom. The summed E-state index contributed by atoms with van der Waals surface area (Å²) in [5, 5.41) is 14.8. The molecular weight excluding hydrogens is 579 g/mol. The molecule has 14 heteroatoms. The summed E-state index contributed by atoms with van der Waals surface area (Å²) < 4.78 is 54.3. The summed E-state index contributed by atoms with van der Waals surface area (Å²) >= 11 is 6.02. The average Bonchev–Trinajstić information content (AvgIpc) is 3.23. The van der Waals surface area contributed by atoms with Crippen LogP contribution in [0.5, 0.6) is 5.75 Å². The largest absolute Gasteiger partial charge is 0.465 e. The Kier molecular flexibility index (Phi) is 9.20. The van der Waals surface area contributed by atoms with Gasteiger partial charge in [0, 0.05) is 39.9 Å².